The Bertz CT molecular complexity index is 912. The van der Waals surface area contributed by atoms with Crippen LogP contribution in [0, 0.1) is 11.8 Å². The number of likely N-dealkylation sites (tertiary alicyclic amines) is 1. The van der Waals surface area contributed by atoms with Crippen molar-refractivity contribution in [1.82, 2.24) is 9.80 Å². The molecule has 4 aliphatic heterocycles. The molecular formula is C31H46N2O4. The van der Waals surface area contributed by atoms with E-state index in [-0.39, 0.29) is 24.6 Å². The lowest BCUT2D eigenvalue weighted by atomic mass is 9.69. The van der Waals surface area contributed by atoms with Gasteiger partial charge in [-0.05, 0) is 93.8 Å². The summed E-state index contributed by atoms with van der Waals surface area (Å²) in [7, 11) is 0. The first kappa shape index (κ1) is 26.7. The number of aryl methyl sites for hydroxylation is 1. The van der Waals surface area contributed by atoms with Crippen LogP contribution < -0.4 is 0 Å². The second-order valence-electron chi connectivity index (χ2n) is 12.1. The third-order valence-corrected chi connectivity index (χ3v) is 9.79. The van der Waals surface area contributed by atoms with E-state index in [4.69, 9.17) is 9.84 Å². The second-order valence-corrected chi connectivity index (χ2v) is 12.1. The predicted molar refractivity (Wildman–Crippen MR) is 144 cm³/mol. The molecule has 1 aliphatic carbocycles. The predicted octanol–water partition coefficient (Wildman–Crippen LogP) is 4.47. The zero-order valence-electron chi connectivity index (χ0n) is 22.5. The van der Waals surface area contributed by atoms with Crippen LogP contribution in [0.3, 0.4) is 0 Å². The molecule has 0 aromatic heterocycles. The van der Waals surface area contributed by atoms with Crippen LogP contribution in [0.4, 0.5) is 0 Å². The molecular weight excluding hydrogens is 464 g/mol. The van der Waals surface area contributed by atoms with E-state index in [1.165, 1.54) is 12.0 Å². The highest BCUT2D eigenvalue weighted by molar-refractivity contribution is 5.83. The average Bonchev–Trinajstić information content (AvgIpc) is 2.95. The van der Waals surface area contributed by atoms with Crippen LogP contribution in [-0.2, 0) is 26.2 Å². The number of rotatable bonds is 9. The fourth-order valence-corrected chi connectivity index (χ4v) is 7.34. The maximum Gasteiger partial charge on any atom is 0.316 e. The van der Waals surface area contributed by atoms with Gasteiger partial charge in [-0.3, -0.25) is 14.5 Å². The number of carbonyl (C=O) groups is 2. The second kappa shape index (κ2) is 12.3. The van der Waals surface area contributed by atoms with Crippen molar-refractivity contribution in [2.75, 3.05) is 39.3 Å². The van der Waals surface area contributed by atoms with E-state index in [0.29, 0.717) is 18.3 Å². The quantitative estimate of drug-likeness (QED) is 0.497. The maximum absolute atomic E-state index is 13.8. The van der Waals surface area contributed by atoms with E-state index in [1.807, 2.05) is 4.90 Å². The van der Waals surface area contributed by atoms with Crippen LogP contribution >= 0.6 is 0 Å². The largest absolute Gasteiger partial charge is 0.460 e. The van der Waals surface area contributed by atoms with Crippen molar-refractivity contribution < 1.29 is 19.4 Å². The topological polar surface area (TPSA) is 70.1 Å². The van der Waals surface area contributed by atoms with E-state index in [9.17, 15) is 9.59 Å². The summed E-state index contributed by atoms with van der Waals surface area (Å²) in [5, 5.41) is 9.16. The van der Waals surface area contributed by atoms with Crippen molar-refractivity contribution in [3.8, 4) is 0 Å². The molecule has 4 saturated heterocycles. The molecule has 1 amide bonds. The summed E-state index contributed by atoms with van der Waals surface area (Å²) in [6, 6.07) is 8.60. The zero-order chi connectivity index (χ0) is 25.7. The van der Waals surface area contributed by atoms with E-state index in [2.05, 4.69) is 29.2 Å². The van der Waals surface area contributed by atoms with Gasteiger partial charge in [-0.2, -0.15) is 0 Å². The Balaban J connectivity index is 1.19. The number of nitrogens with zero attached hydrogens (tertiary/aromatic N) is 2. The molecule has 37 heavy (non-hydrogen) atoms. The first-order valence-corrected chi connectivity index (χ1v) is 15.0. The zero-order valence-corrected chi connectivity index (χ0v) is 22.5. The van der Waals surface area contributed by atoms with Crippen LogP contribution in [0.5, 0.6) is 0 Å². The third kappa shape index (κ3) is 6.22. The van der Waals surface area contributed by atoms with Crippen molar-refractivity contribution in [2.45, 2.75) is 95.0 Å². The number of carbonyl (C=O) groups excluding carboxylic acids is 2. The van der Waals surface area contributed by atoms with Crippen LogP contribution in [0.15, 0.2) is 24.3 Å². The highest BCUT2D eigenvalue weighted by Crippen LogP contribution is 2.42. The molecule has 0 radical (unpaired) electrons. The Labute approximate surface area is 222 Å². The molecule has 6 rings (SSSR count). The minimum atomic E-state index is -0.519. The lowest BCUT2D eigenvalue weighted by Gasteiger charge is -2.45. The van der Waals surface area contributed by atoms with Gasteiger partial charge in [0.15, 0.2) is 0 Å². The molecule has 1 N–H and O–H groups in total. The van der Waals surface area contributed by atoms with E-state index >= 15 is 0 Å². The smallest absolute Gasteiger partial charge is 0.316 e. The molecule has 5 aliphatic rings. The van der Waals surface area contributed by atoms with Crippen LogP contribution in [0.25, 0.3) is 0 Å². The standard InChI is InChI=1S/C31H46N2O4/c34-21-14-24-10-19-33(20-11-24)29(35)9-5-7-25-6-4-8-27(22-25)31(15-2-1-3-16-31)30(36)37-28-23-32-17-12-26(28)13-18-32/h4,6,8,22,24,26,28,34H,1-3,5,7,9-21,23H2/t28-/m0/s1. The molecule has 1 aromatic carbocycles. The normalized spacial score (nSPS) is 27.7. The highest BCUT2D eigenvalue weighted by atomic mass is 16.5. The summed E-state index contributed by atoms with van der Waals surface area (Å²) in [5.74, 6) is 1.34. The van der Waals surface area contributed by atoms with Crippen LogP contribution in [0.1, 0.15) is 88.2 Å². The number of ether oxygens (including phenoxy) is 1. The van der Waals surface area contributed by atoms with Crippen LogP contribution in [0.2, 0.25) is 0 Å². The van der Waals surface area contributed by atoms with Gasteiger partial charge in [-0.15, -0.1) is 0 Å². The Kier molecular flexibility index (Phi) is 8.86. The molecule has 5 fully saturated rings. The Morgan fingerprint density at radius 3 is 2.43 bits per heavy atom. The number of amides is 1. The number of hydrogen-bond acceptors (Lipinski definition) is 5. The summed E-state index contributed by atoms with van der Waals surface area (Å²) in [4.78, 5) is 31.0. The Morgan fingerprint density at radius 2 is 1.76 bits per heavy atom. The average molecular weight is 511 g/mol. The molecule has 4 heterocycles. The number of esters is 1. The van der Waals surface area contributed by atoms with Gasteiger partial charge < -0.3 is 14.7 Å². The summed E-state index contributed by atoms with van der Waals surface area (Å²) in [6.07, 6.45) is 12.6. The fourth-order valence-electron chi connectivity index (χ4n) is 7.34. The number of hydrogen-bond donors (Lipinski definition) is 1. The first-order chi connectivity index (χ1) is 18.1. The number of fused-ring (bicyclic) bond motifs is 3. The molecule has 1 saturated carbocycles. The van der Waals surface area contributed by atoms with Crippen molar-refractivity contribution in [3.05, 3.63) is 35.4 Å². The lowest BCUT2D eigenvalue weighted by Crippen LogP contribution is -2.53. The summed E-state index contributed by atoms with van der Waals surface area (Å²) < 4.78 is 6.32. The van der Waals surface area contributed by atoms with Crippen molar-refractivity contribution in [2.24, 2.45) is 11.8 Å². The molecule has 1 atom stereocenters. The van der Waals surface area contributed by atoms with E-state index < -0.39 is 5.41 Å². The molecule has 2 bridgehead atoms. The van der Waals surface area contributed by atoms with Gasteiger partial charge in [-0.1, -0.05) is 43.5 Å². The SMILES string of the molecule is O=C(CCCc1cccc(C2(C(=O)O[C@H]3CN4CCC3CC4)CCCCC2)c1)N1CCC(CCO)CC1. The number of piperidine rings is 4. The highest BCUT2D eigenvalue weighted by Gasteiger charge is 2.45. The van der Waals surface area contributed by atoms with Gasteiger partial charge in [0, 0.05) is 32.7 Å². The number of aliphatic hydroxyl groups is 1. The van der Waals surface area contributed by atoms with Gasteiger partial charge in [0.1, 0.15) is 6.10 Å². The molecule has 204 valence electrons. The maximum atomic E-state index is 13.8. The number of benzene rings is 1. The van der Waals surface area contributed by atoms with Crippen molar-refractivity contribution >= 4 is 11.9 Å². The molecule has 1 aromatic rings. The summed E-state index contributed by atoms with van der Waals surface area (Å²) in [6.45, 7) is 5.09. The van der Waals surface area contributed by atoms with Gasteiger partial charge in [0.05, 0.1) is 5.41 Å². The van der Waals surface area contributed by atoms with Gasteiger partial charge in [0.25, 0.3) is 0 Å². The first-order valence-electron chi connectivity index (χ1n) is 15.0. The minimum Gasteiger partial charge on any atom is -0.460 e. The van der Waals surface area contributed by atoms with E-state index in [1.54, 1.807) is 0 Å². The lowest BCUT2D eigenvalue weighted by molar-refractivity contribution is -0.167. The van der Waals surface area contributed by atoms with Gasteiger partial charge >= 0.3 is 5.97 Å². The van der Waals surface area contributed by atoms with E-state index in [0.717, 1.165) is 109 Å². The van der Waals surface area contributed by atoms with Crippen molar-refractivity contribution in [1.29, 1.82) is 0 Å². The summed E-state index contributed by atoms with van der Waals surface area (Å²) in [5.41, 5.74) is 1.82. The van der Waals surface area contributed by atoms with Crippen LogP contribution in [-0.4, -0.2) is 72.2 Å². The van der Waals surface area contributed by atoms with Gasteiger partial charge in [-0.25, -0.2) is 0 Å². The number of aliphatic hydroxyl groups excluding tert-OH is 1. The molecule has 0 unspecified atom stereocenters. The summed E-state index contributed by atoms with van der Waals surface area (Å²) >= 11 is 0. The third-order valence-electron chi connectivity index (χ3n) is 9.79. The van der Waals surface area contributed by atoms with Crippen molar-refractivity contribution in [3.63, 3.8) is 0 Å². The fraction of sp³-hybridized carbons (Fsp3) is 0.742. The molecule has 0 spiro atoms. The Morgan fingerprint density at radius 1 is 1.00 bits per heavy atom. The molecule has 6 nitrogen and oxygen atoms in total. The van der Waals surface area contributed by atoms with Gasteiger partial charge in [0.2, 0.25) is 5.91 Å². The Hall–Kier alpha value is -1.92. The minimum absolute atomic E-state index is 0.00267. The monoisotopic (exact) mass is 510 g/mol. The molecule has 6 heteroatoms.